The predicted molar refractivity (Wildman–Crippen MR) is 110 cm³/mol. The van der Waals surface area contributed by atoms with Gasteiger partial charge in [0.05, 0.1) is 17.2 Å². The number of aryl methyl sites for hydroxylation is 1. The number of pyridine rings is 1. The number of hydrogen-bond donors (Lipinski definition) is 1. The van der Waals surface area contributed by atoms with Gasteiger partial charge in [0.15, 0.2) is 0 Å². The lowest BCUT2D eigenvalue weighted by Crippen LogP contribution is -2.40. The molecule has 1 atom stereocenters. The van der Waals surface area contributed by atoms with Crippen LogP contribution in [0.3, 0.4) is 0 Å². The van der Waals surface area contributed by atoms with Gasteiger partial charge in [0.25, 0.3) is 11.6 Å². The number of carbonyl (C=O) groups excluding carboxylic acids is 1. The van der Waals surface area contributed by atoms with Crippen molar-refractivity contribution in [1.29, 1.82) is 0 Å². The highest BCUT2D eigenvalue weighted by atomic mass is 35.5. The molecule has 150 valence electrons. The molecule has 1 aliphatic heterocycles. The fourth-order valence-corrected chi connectivity index (χ4v) is 3.50. The molecule has 3 rings (SSSR count). The van der Waals surface area contributed by atoms with Gasteiger partial charge in [-0.25, -0.2) is 0 Å². The van der Waals surface area contributed by atoms with E-state index in [9.17, 15) is 14.9 Å². The van der Waals surface area contributed by atoms with Crippen molar-refractivity contribution in [2.75, 3.05) is 13.1 Å². The molecule has 28 heavy (non-hydrogen) atoms. The second-order valence-corrected chi connectivity index (χ2v) is 6.90. The fraction of sp³-hybridized carbons (Fsp3) is 0.400. The molecule has 1 aromatic carbocycles. The van der Waals surface area contributed by atoms with E-state index in [2.05, 4.69) is 10.3 Å². The third-order valence-corrected chi connectivity index (χ3v) is 4.83. The van der Waals surface area contributed by atoms with E-state index in [1.54, 1.807) is 19.2 Å². The molecule has 8 heteroatoms. The van der Waals surface area contributed by atoms with Gasteiger partial charge in [-0.3, -0.25) is 19.9 Å². The van der Waals surface area contributed by atoms with Gasteiger partial charge < -0.3 is 10.2 Å². The standard InChI is InChI=1S/C20H24N4O3.ClH/c1-15-11-16(13-19(12-15)24(26)27)20(25)23(14-17-5-2-3-9-22-17)18-6-4-8-21-10-7-18;/h2-3,5,9,11-13,18,21H,4,6-8,10,14H2,1H3;1H. The van der Waals surface area contributed by atoms with Crippen LogP contribution in [0.15, 0.2) is 42.6 Å². The second kappa shape index (κ2) is 10.1. The number of carbonyl (C=O) groups is 1. The van der Waals surface area contributed by atoms with Crippen LogP contribution in [0.5, 0.6) is 0 Å². The molecule has 1 aromatic heterocycles. The summed E-state index contributed by atoms with van der Waals surface area (Å²) in [5.74, 6) is -0.181. The van der Waals surface area contributed by atoms with Gasteiger partial charge in [-0.1, -0.05) is 6.07 Å². The largest absolute Gasteiger partial charge is 0.330 e. The number of aromatic nitrogens is 1. The van der Waals surface area contributed by atoms with Gasteiger partial charge in [0.2, 0.25) is 0 Å². The molecule has 0 aliphatic carbocycles. The molecule has 2 aromatic rings. The lowest BCUT2D eigenvalue weighted by Gasteiger charge is -2.31. The topological polar surface area (TPSA) is 88.4 Å². The Morgan fingerprint density at radius 1 is 1.29 bits per heavy atom. The smallest absolute Gasteiger partial charge is 0.270 e. The Bertz CT molecular complexity index is 808. The summed E-state index contributed by atoms with van der Waals surface area (Å²) < 4.78 is 0. The molecule has 1 saturated heterocycles. The van der Waals surface area contributed by atoms with Crippen molar-refractivity contribution < 1.29 is 9.72 Å². The van der Waals surface area contributed by atoms with Crippen LogP contribution in [0.25, 0.3) is 0 Å². The SMILES string of the molecule is Cc1cc(C(=O)N(Cc2ccccn2)C2CCCNCC2)cc([N+](=O)[O-])c1.Cl. The Hall–Kier alpha value is -2.51. The number of nitro benzene ring substituents is 1. The molecule has 1 fully saturated rings. The van der Waals surface area contributed by atoms with E-state index in [0.29, 0.717) is 17.7 Å². The summed E-state index contributed by atoms with van der Waals surface area (Å²) in [6.45, 7) is 3.96. The summed E-state index contributed by atoms with van der Waals surface area (Å²) in [6.07, 6.45) is 4.46. The molecule has 1 N–H and O–H groups in total. The zero-order valence-corrected chi connectivity index (χ0v) is 16.7. The number of halogens is 1. The van der Waals surface area contributed by atoms with Gasteiger partial charge in [0, 0.05) is 29.9 Å². The average Bonchev–Trinajstić information content (AvgIpc) is 2.95. The van der Waals surface area contributed by atoms with Crippen LogP contribution in [-0.4, -0.2) is 39.8 Å². The van der Waals surface area contributed by atoms with Crippen LogP contribution in [0.2, 0.25) is 0 Å². The Balaban J connectivity index is 0.00000280. The van der Waals surface area contributed by atoms with Crippen LogP contribution >= 0.6 is 12.4 Å². The molecule has 0 radical (unpaired) electrons. The molecular weight excluding hydrogens is 380 g/mol. The first-order chi connectivity index (χ1) is 13.0. The van der Waals surface area contributed by atoms with Gasteiger partial charge >= 0.3 is 0 Å². The highest BCUT2D eigenvalue weighted by Gasteiger charge is 2.27. The van der Waals surface area contributed by atoms with Crippen molar-refractivity contribution in [3.8, 4) is 0 Å². The van der Waals surface area contributed by atoms with Gasteiger partial charge in [-0.15, -0.1) is 12.4 Å². The van der Waals surface area contributed by atoms with Crippen molar-refractivity contribution in [2.24, 2.45) is 0 Å². The molecule has 1 amide bonds. The monoisotopic (exact) mass is 404 g/mol. The van der Waals surface area contributed by atoms with Crippen LogP contribution in [0, 0.1) is 17.0 Å². The lowest BCUT2D eigenvalue weighted by molar-refractivity contribution is -0.384. The van der Waals surface area contributed by atoms with E-state index in [1.165, 1.54) is 12.1 Å². The molecular formula is C20H25ClN4O3. The fourth-order valence-electron chi connectivity index (χ4n) is 3.50. The average molecular weight is 405 g/mol. The zero-order valence-electron chi connectivity index (χ0n) is 15.8. The Kier molecular flexibility index (Phi) is 7.90. The first kappa shape index (κ1) is 21.8. The van der Waals surface area contributed by atoms with Gasteiger partial charge in [-0.2, -0.15) is 0 Å². The van der Waals surface area contributed by atoms with Crippen molar-refractivity contribution in [2.45, 2.75) is 38.8 Å². The summed E-state index contributed by atoms with van der Waals surface area (Å²) in [7, 11) is 0. The van der Waals surface area contributed by atoms with Crippen LogP contribution in [0.4, 0.5) is 5.69 Å². The highest BCUT2D eigenvalue weighted by Crippen LogP contribution is 2.23. The first-order valence-corrected chi connectivity index (χ1v) is 9.22. The summed E-state index contributed by atoms with van der Waals surface area (Å²) in [4.78, 5) is 30.3. The molecule has 1 aliphatic rings. The summed E-state index contributed by atoms with van der Waals surface area (Å²) in [5.41, 5.74) is 1.81. The number of non-ortho nitro benzene ring substituents is 1. The van der Waals surface area contributed by atoms with Crippen molar-refractivity contribution in [3.63, 3.8) is 0 Å². The van der Waals surface area contributed by atoms with Crippen LogP contribution in [-0.2, 0) is 6.54 Å². The van der Waals surface area contributed by atoms with Gasteiger partial charge in [-0.05, 0) is 63.0 Å². The number of benzene rings is 1. The minimum absolute atomic E-state index is 0. The van der Waals surface area contributed by atoms with Crippen LogP contribution < -0.4 is 5.32 Å². The van der Waals surface area contributed by atoms with Crippen molar-refractivity contribution >= 4 is 24.0 Å². The maximum absolute atomic E-state index is 13.3. The van der Waals surface area contributed by atoms with E-state index in [1.807, 2.05) is 23.1 Å². The normalized spacial score (nSPS) is 16.5. The molecule has 0 spiro atoms. The van der Waals surface area contributed by atoms with Crippen molar-refractivity contribution in [3.05, 3.63) is 69.5 Å². The predicted octanol–water partition coefficient (Wildman–Crippen LogP) is 3.50. The minimum Gasteiger partial charge on any atom is -0.330 e. The third kappa shape index (κ3) is 5.50. The third-order valence-electron chi connectivity index (χ3n) is 4.83. The number of amides is 1. The highest BCUT2D eigenvalue weighted by molar-refractivity contribution is 5.95. The quantitative estimate of drug-likeness (QED) is 0.608. The van der Waals surface area contributed by atoms with Gasteiger partial charge in [0.1, 0.15) is 0 Å². The zero-order chi connectivity index (χ0) is 19.2. The van der Waals surface area contributed by atoms with E-state index in [0.717, 1.165) is 38.0 Å². The minimum atomic E-state index is -0.456. The molecule has 1 unspecified atom stereocenters. The Labute approximate surface area is 170 Å². The van der Waals surface area contributed by atoms with Crippen LogP contribution in [0.1, 0.15) is 40.9 Å². The number of nitrogens with zero attached hydrogens (tertiary/aromatic N) is 3. The number of nitrogens with one attached hydrogen (secondary N) is 1. The van der Waals surface area contributed by atoms with E-state index in [-0.39, 0.29) is 30.0 Å². The Morgan fingerprint density at radius 3 is 2.82 bits per heavy atom. The second-order valence-electron chi connectivity index (χ2n) is 6.90. The maximum atomic E-state index is 13.3. The number of rotatable bonds is 5. The maximum Gasteiger partial charge on any atom is 0.270 e. The lowest BCUT2D eigenvalue weighted by atomic mass is 10.0. The van der Waals surface area contributed by atoms with E-state index >= 15 is 0 Å². The summed E-state index contributed by atoms with van der Waals surface area (Å²) in [6, 6.07) is 10.3. The van der Waals surface area contributed by atoms with Crippen molar-refractivity contribution in [1.82, 2.24) is 15.2 Å². The Morgan fingerprint density at radius 2 is 2.11 bits per heavy atom. The molecule has 7 nitrogen and oxygen atoms in total. The molecule has 0 bridgehead atoms. The van der Waals surface area contributed by atoms with E-state index < -0.39 is 4.92 Å². The van der Waals surface area contributed by atoms with E-state index in [4.69, 9.17) is 0 Å². The summed E-state index contributed by atoms with van der Waals surface area (Å²) in [5, 5.41) is 14.6. The first-order valence-electron chi connectivity index (χ1n) is 9.22. The number of hydrogen-bond acceptors (Lipinski definition) is 5. The summed E-state index contributed by atoms with van der Waals surface area (Å²) >= 11 is 0. The molecule has 2 heterocycles. The number of nitro groups is 1. The molecule has 0 saturated carbocycles.